The van der Waals surface area contributed by atoms with Crippen molar-refractivity contribution in [2.45, 2.75) is 6.18 Å². The monoisotopic (exact) mass is 285 g/mol. The molecule has 1 aromatic rings. The summed E-state index contributed by atoms with van der Waals surface area (Å²) in [6, 6.07) is 4.61. The van der Waals surface area contributed by atoms with Gasteiger partial charge in [-0.05, 0) is 18.2 Å². The van der Waals surface area contributed by atoms with Gasteiger partial charge in [-0.15, -0.1) is 0 Å². The van der Waals surface area contributed by atoms with Crippen LogP contribution in [-0.2, 0) is 10.9 Å². The van der Waals surface area contributed by atoms with E-state index in [4.69, 9.17) is 4.74 Å². The molecule has 3 nitrogen and oxygen atoms in total. The number of nitrogens with zero attached hydrogens (tertiary/aromatic N) is 1. The highest BCUT2D eigenvalue weighted by atomic mass is 19.4. The molecule has 108 valence electrons. The molecule has 6 heteroatoms. The number of ether oxygens (including phenoxy) is 1. The Morgan fingerprint density at radius 3 is 2.45 bits per heavy atom. The minimum atomic E-state index is -4.42. The van der Waals surface area contributed by atoms with E-state index < -0.39 is 11.7 Å². The van der Waals surface area contributed by atoms with Crippen molar-refractivity contribution < 1.29 is 22.7 Å². The van der Waals surface area contributed by atoms with E-state index in [-0.39, 0.29) is 11.5 Å². The van der Waals surface area contributed by atoms with E-state index in [1.165, 1.54) is 12.1 Å². The first-order valence-corrected chi connectivity index (χ1v) is 6.49. The zero-order valence-electron chi connectivity index (χ0n) is 10.7. The van der Waals surface area contributed by atoms with Gasteiger partial charge in [0, 0.05) is 30.5 Å². The maximum atomic E-state index is 12.7. The minimum Gasteiger partial charge on any atom is -0.381 e. The lowest BCUT2D eigenvalue weighted by Crippen LogP contribution is -2.30. The third-order valence-corrected chi connectivity index (χ3v) is 3.96. The summed E-state index contributed by atoms with van der Waals surface area (Å²) in [5.41, 5.74) is -0.688. The summed E-state index contributed by atoms with van der Waals surface area (Å²) in [5.74, 6) is 0.319. The number of carbonyl (C=O) groups is 1. The van der Waals surface area contributed by atoms with Crippen LogP contribution in [-0.4, -0.2) is 37.1 Å². The van der Waals surface area contributed by atoms with Gasteiger partial charge in [0.2, 0.25) is 0 Å². The number of rotatable bonds is 1. The number of fused-ring (bicyclic) bond motifs is 1. The Balaban J connectivity index is 1.78. The van der Waals surface area contributed by atoms with E-state index in [1.807, 2.05) is 0 Å². The number of hydrogen-bond acceptors (Lipinski definition) is 2. The second kappa shape index (κ2) is 4.77. The molecule has 0 aromatic heterocycles. The van der Waals surface area contributed by atoms with Gasteiger partial charge in [0.15, 0.2) is 0 Å². The van der Waals surface area contributed by atoms with Crippen LogP contribution in [0.15, 0.2) is 24.3 Å². The molecular weight excluding hydrogens is 271 g/mol. The lowest BCUT2D eigenvalue weighted by Gasteiger charge is -2.18. The largest absolute Gasteiger partial charge is 0.416 e. The fraction of sp³-hybridized carbons (Fsp3) is 0.500. The lowest BCUT2D eigenvalue weighted by molar-refractivity contribution is -0.137. The molecule has 2 unspecified atom stereocenters. The molecule has 0 aliphatic carbocycles. The molecule has 1 amide bonds. The van der Waals surface area contributed by atoms with Gasteiger partial charge in [0.1, 0.15) is 0 Å². The van der Waals surface area contributed by atoms with Crippen LogP contribution in [0.25, 0.3) is 0 Å². The van der Waals surface area contributed by atoms with Crippen LogP contribution in [0.2, 0.25) is 0 Å². The molecule has 1 aromatic carbocycles. The normalized spacial score (nSPS) is 25.9. The van der Waals surface area contributed by atoms with Gasteiger partial charge < -0.3 is 9.64 Å². The molecule has 2 aliphatic heterocycles. The summed E-state index contributed by atoms with van der Waals surface area (Å²) in [7, 11) is 0. The molecule has 2 heterocycles. The quantitative estimate of drug-likeness (QED) is 0.793. The Morgan fingerprint density at radius 1 is 1.20 bits per heavy atom. The van der Waals surface area contributed by atoms with Crippen molar-refractivity contribution in [3.8, 4) is 0 Å². The van der Waals surface area contributed by atoms with E-state index in [0.29, 0.717) is 38.1 Å². The number of carbonyl (C=O) groups excluding carboxylic acids is 1. The Labute approximate surface area is 114 Å². The first kappa shape index (κ1) is 13.4. The van der Waals surface area contributed by atoms with Crippen LogP contribution in [0.5, 0.6) is 0 Å². The van der Waals surface area contributed by atoms with Gasteiger partial charge in [-0.1, -0.05) is 6.07 Å². The van der Waals surface area contributed by atoms with Crippen LogP contribution in [0.4, 0.5) is 13.2 Å². The van der Waals surface area contributed by atoms with Crippen molar-refractivity contribution in [3.63, 3.8) is 0 Å². The number of hydrogen-bond donors (Lipinski definition) is 0. The van der Waals surface area contributed by atoms with Crippen molar-refractivity contribution in [2.75, 3.05) is 26.3 Å². The standard InChI is InChI=1S/C14H14F3NO2/c15-14(16,17)12-3-1-2-9(4-12)13(19)18-5-10-7-20-8-11(10)6-18/h1-4,10-11H,5-8H2. The van der Waals surface area contributed by atoms with Gasteiger partial charge in [-0.25, -0.2) is 0 Å². The molecule has 3 rings (SSSR count). The molecule has 0 N–H and O–H groups in total. The highest BCUT2D eigenvalue weighted by Gasteiger charge is 2.39. The number of amides is 1. The van der Waals surface area contributed by atoms with Crippen molar-refractivity contribution in [2.24, 2.45) is 11.8 Å². The lowest BCUT2D eigenvalue weighted by atomic mass is 10.0. The third-order valence-electron chi connectivity index (χ3n) is 3.96. The predicted molar refractivity (Wildman–Crippen MR) is 65.1 cm³/mol. The first-order chi connectivity index (χ1) is 9.45. The van der Waals surface area contributed by atoms with Crippen molar-refractivity contribution in [3.05, 3.63) is 35.4 Å². The van der Waals surface area contributed by atoms with Crippen LogP contribution >= 0.6 is 0 Å². The highest BCUT2D eigenvalue weighted by Crippen LogP contribution is 2.32. The van der Waals surface area contributed by atoms with Gasteiger partial charge in [-0.2, -0.15) is 13.2 Å². The van der Waals surface area contributed by atoms with Gasteiger partial charge in [0.25, 0.3) is 5.91 Å². The summed E-state index contributed by atoms with van der Waals surface area (Å²) in [4.78, 5) is 13.9. The second-order valence-electron chi connectivity index (χ2n) is 5.35. The fourth-order valence-corrected chi connectivity index (χ4v) is 2.86. The average molecular weight is 285 g/mol. The molecule has 0 radical (unpaired) electrons. The van der Waals surface area contributed by atoms with E-state index in [1.54, 1.807) is 4.90 Å². The smallest absolute Gasteiger partial charge is 0.381 e. The van der Waals surface area contributed by atoms with Crippen LogP contribution < -0.4 is 0 Å². The molecule has 20 heavy (non-hydrogen) atoms. The predicted octanol–water partition coefficient (Wildman–Crippen LogP) is 2.42. The first-order valence-electron chi connectivity index (χ1n) is 6.49. The van der Waals surface area contributed by atoms with Crippen molar-refractivity contribution in [1.82, 2.24) is 4.90 Å². The van der Waals surface area contributed by atoms with E-state index in [0.717, 1.165) is 12.1 Å². The van der Waals surface area contributed by atoms with Gasteiger partial charge in [0.05, 0.1) is 18.8 Å². The summed E-state index contributed by atoms with van der Waals surface area (Å²) in [5, 5.41) is 0. The SMILES string of the molecule is O=C(c1cccc(C(F)(F)F)c1)N1CC2COCC2C1. The molecule has 0 bridgehead atoms. The van der Waals surface area contributed by atoms with Gasteiger partial charge in [-0.3, -0.25) is 4.79 Å². The summed E-state index contributed by atoms with van der Waals surface area (Å²) < 4.78 is 43.3. The molecule has 2 aliphatic rings. The molecule has 0 saturated carbocycles. The second-order valence-corrected chi connectivity index (χ2v) is 5.35. The molecule has 0 spiro atoms. The summed E-state index contributed by atoms with van der Waals surface area (Å²) in [6.07, 6.45) is -4.42. The number of halogens is 3. The Morgan fingerprint density at radius 2 is 1.85 bits per heavy atom. The Kier molecular flexibility index (Phi) is 3.20. The Bertz CT molecular complexity index is 517. The molecule has 2 atom stereocenters. The van der Waals surface area contributed by atoms with Gasteiger partial charge >= 0.3 is 6.18 Å². The fourth-order valence-electron chi connectivity index (χ4n) is 2.86. The molecular formula is C14H14F3NO2. The summed E-state index contributed by atoms with van der Waals surface area (Å²) >= 11 is 0. The molecule has 2 fully saturated rings. The van der Waals surface area contributed by atoms with Crippen LogP contribution in [0, 0.1) is 11.8 Å². The minimum absolute atomic E-state index is 0.0979. The third kappa shape index (κ3) is 2.40. The van der Waals surface area contributed by atoms with E-state index >= 15 is 0 Å². The van der Waals surface area contributed by atoms with Crippen LogP contribution in [0.3, 0.4) is 0 Å². The van der Waals surface area contributed by atoms with E-state index in [2.05, 4.69) is 0 Å². The topological polar surface area (TPSA) is 29.5 Å². The van der Waals surface area contributed by atoms with Crippen LogP contribution in [0.1, 0.15) is 15.9 Å². The average Bonchev–Trinajstić information content (AvgIpc) is 2.97. The van der Waals surface area contributed by atoms with Crippen molar-refractivity contribution in [1.29, 1.82) is 0 Å². The molecule has 2 saturated heterocycles. The zero-order chi connectivity index (χ0) is 14.3. The maximum Gasteiger partial charge on any atom is 0.416 e. The summed E-state index contributed by atoms with van der Waals surface area (Å²) in [6.45, 7) is 2.41. The number of alkyl halides is 3. The Hall–Kier alpha value is -1.56. The highest BCUT2D eigenvalue weighted by molar-refractivity contribution is 5.94. The van der Waals surface area contributed by atoms with Crippen molar-refractivity contribution >= 4 is 5.91 Å². The maximum absolute atomic E-state index is 12.7. The van der Waals surface area contributed by atoms with E-state index in [9.17, 15) is 18.0 Å². The number of benzene rings is 1. The zero-order valence-corrected chi connectivity index (χ0v) is 10.7. The number of likely N-dealkylation sites (tertiary alicyclic amines) is 1.